The third-order valence-electron chi connectivity index (χ3n) is 5.78. The Bertz CT molecular complexity index is 982. The van der Waals surface area contributed by atoms with Crippen LogP contribution in [0.3, 0.4) is 0 Å². The van der Waals surface area contributed by atoms with Crippen LogP contribution in [0.1, 0.15) is 24.1 Å². The zero-order chi connectivity index (χ0) is 21.6. The van der Waals surface area contributed by atoms with Gasteiger partial charge < -0.3 is 20.1 Å². The zero-order valence-electron chi connectivity index (χ0n) is 17.6. The summed E-state index contributed by atoms with van der Waals surface area (Å²) in [6, 6.07) is 9.81. The van der Waals surface area contributed by atoms with Crippen molar-refractivity contribution < 1.29 is 14.6 Å². The lowest BCUT2D eigenvalue weighted by Gasteiger charge is -2.34. The predicted molar refractivity (Wildman–Crippen MR) is 118 cm³/mol. The molecule has 3 heterocycles. The highest BCUT2D eigenvalue weighted by molar-refractivity contribution is 6.32. The quantitative estimate of drug-likeness (QED) is 0.759. The van der Waals surface area contributed by atoms with E-state index >= 15 is 0 Å². The number of aliphatic imine (C=N–C) groups is 1. The van der Waals surface area contributed by atoms with E-state index in [0.717, 1.165) is 53.4 Å². The van der Waals surface area contributed by atoms with Gasteiger partial charge in [0, 0.05) is 48.6 Å². The number of amides is 1. The maximum Gasteiger partial charge on any atom is 0.248 e. The molecule has 0 bridgehead atoms. The molecule has 2 aromatic rings. The standard InChI is InChI=1S/C23H27N5O3/c1-31-18-4-2-3-17(13-18)23-21(19-5-8-24-15-27-19)22(25-9-10-26-23)16-6-11-28(12-7-16)20(30)14-29/h2-5,8,13,15-16,25,29H,6-7,9-12,14H2,1H3. The van der Waals surface area contributed by atoms with Crippen molar-refractivity contribution in [1.29, 1.82) is 0 Å². The summed E-state index contributed by atoms with van der Waals surface area (Å²) in [6.45, 7) is 2.18. The van der Waals surface area contributed by atoms with Gasteiger partial charge in [0.25, 0.3) is 0 Å². The van der Waals surface area contributed by atoms with Gasteiger partial charge in [-0.2, -0.15) is 0 Å². The molecule has 8 nitrogen and oxygen atoms in total. The summed E-state index contributed by atoms with van der Waals surface area (Å²) in [5.41, 5.74) is 4.75. The normalized spacial score (nSPS) is 17.6. The fraction of sp³-hybridized carbons (Fsp3) is 0.391. The van der Waals surface area contributed by atoms with Gasteiger partial charge >= 0.3 is 0 Å². The van der Waals surface area contributed by atoms with Crippen LogP contribution in [0.4, 0.5) is 0 Å². The molecule has 0 saturated carbocycles. The topological polar surface area (TPSA) is 99.9 Å². The molecule has 1 amide bonds. The van der Waals surface area contributed by atoms with Crippen LogP contribution in [-0.4, -0.2) is 71.5 Å². The third-order valence-corrected chi connectivity index (χ3v) is 5.78. The highest BCUT2D eigenvalue weighted by atomic mass is 16.5. The van der Waals surface area contributed by atoms with Crippen molar-refractivity contribution in [2.45, 2.75) is 12.8 Å². The van der Waals surface area contributed by atoms with E-state index < -0.39 is 6.61 Å². The lowest BCUT2D eigenvalue weighted by atomic mass is 9.86. The summed E-state index contributed by atoms with van der Waals surface area (Å²) >= 11 is 0. The summed E-state index contributed by atoms with van der Waals surface area (Å²) in [6.07, 6.45) is 4.92. The lowest BCUT2D eigenvalue weighted by molar-refractivity contribution is -0.135. The van der Waals surface area contributed by atoms with E-state index in [9.17, 15) is 9.90 Å². The minimum absolute atomic E-state index is 0.212. The number of benzene rings is 1. The predicted octanol–water partition coefficient (Wildman–Crippen LogP) is 1.52. The maximum absolute atomic E-state index is 11.9. The Morgan fingerprint density at radius 1 is 1.29 bits per heavy atom. The van der Waals surface area contributed by atoms with Gasteiger partial charge in [0.15, 0.2) is 0 Å². The molecule has 2 aliphatic heterocycles. The molecule has 1 aromatic heterocycles. The van der Waals surface area contributed by atoms with Crippen molar-refractivity contribution in [3.63, 3.8) is 0 Å². The SMILES string of the molecule is COc1cccc(C2=NCCNC(C3CCN(C(=O)CO)CC3)=C2c2ccncn2)c1. The second-order valence-corrected chi connectivity index (χ2v) is 7.59. The van der Waals surface area contributed by atoms with E-state index in [1.54, 1.807) is 24.5 Å². The number of hydrogen-bond acceptors (Lipinski definition) is 7. The number of allylic oxidation sites excluding steroid dienone is 2. The summed E-state index contributed by atoms with van der Waals surface area (Å²) in [7, 11) is 1.66. The molecule has 0 atom stereocenters. The molecule has 31 heavy (non-hydrogen) atoms. The number of aliphatic hydroxyl groups excluding tert-OH is 1. The van der Waals surface area contributed by atoms with Crippen molar-refractivity contribution in [1.82, 2.24) is 20.2 Å². The number of piperidine rings is 1. The molecular formula is C23H27N5O3. The van der Waals surface area contributed by atoms with E-state index in [4.69, 9.17) is 9.73 Å². The van der Waals surface area contributed by atoms with Crippen molar-refractivity contribution in [3.8, 4) is 5.75 Å². The molecule has 0 aliphatic carbocycles. The molecule has 2 aliphatic rings. The molecule has 1 aromatic carbocycles. The number of carbonyl (C=O) groups is 1. The number of aliphatic hydroxyl groups is 1. The first-order valence-corrected chi connectivity index (χ1v) is 10.5. The molecule has 4 rings (SSSR count). The number of nitrogens with one attached hydrogen (secondary N) is 1. The number of methoxy groups -OCH3 is 1. The summed E-state index contributed by atoms with van der Waals surface area (Å²) < 4.78 is 5.44. The second-order valence-electron chi connectivity index (χ2n) is 7.59. The first kappa shape index (κ1) is 21.0. The third kappa shape index (κ3) is 4.59. The Kier molecular flexibility index (Phi) is 6.57. The molecule has 1 fully saturated rings. The summed E-state index contributed by atoms with van der Waals surface area (Å²) in [5.74, 6) is 0.800. The molecule has 162 valence electrons. The maximum atomic E-state index is 11.9. The molecule has 8 heteroatoms. The van der Waals surface area contributed by atoms with Crippen LogP contribution in [-0.2, 0) is 4.79 Å². The molecule has 1 saturated heterocycles. The summed E-state index contributed by atoms with van der Waals surface area (Å²) in [4.78, 5) is 27.2. The Morgan fingerprint density at radius 3 is 2.84 bits per heavy atom. The van der Waals surface area contributed by atoms with E-state index in [1.807, 2.05) is 30.3 Å². The van der Waals surface area contributed by atoms with Gasteiger partial charge in [-0.25, -0.2) is 9.97 Å². The highest BCUT2D eigenvalue weighted by Crippen LogP contribution is 2.33. The molecule has 0 radical (unpaired) electrons. The Hall–Kier alpha value is -3.26. The number of nitrogens with zero attached hydrogens (tertiary/aromatic N) is 4. The molecular weight excluding hydrogens is 394 g/mol. The number of carbonyl (C=O) groups excluding carboxylic acids is 1. The van der Waals surface area contributed by atoms with Gasteiger partial charge in [-0.05, 0) is 31.0 Å². The monoisotopic (exact) mass is 421 g/mol. The smallest absolute Gasteiger partial charge is 0.248 e. The van der Waals surface area contributed by atoms with Gasteiger partial charge in [0.2, 0.25) is 5.91 Å². The van der Waals surface area contributed by atoms with Crippen LogP contribution < -0.4 is 10.1 Å². The first-order valence-electron chi connectivity index (χ1n) is 10.5. The number of hydrogen-bond donors (Lipinski definition) is 2. The number of rotatable bonds is 5. The number of likely N-dealkylation sites (tertiary alicyclic amines) is 1. The fourth-order valence-electron chi connectivity index (χ4n) is 4.22. The van der Waals surface area contributed by atoms with Crippen molar-refractivity contribution in [2.24, 2.45) is 10.9 Å². The van der Waals surface area contributed by atoms with Gasteiger partial charge in [-0.1, -0.05) is 12.1 Å². The second kappa shape index (κ2) is 9.70. The van der Waals surface area contributed by atoms with Crippen LogP contribution in [0.5, 0.6) is 5.75 Å². The van der Waals surface area contributed by atoms with Gasteiger partial charge in [-0.3, -0.25) is 9.79 Å². The van der Waals surface area contributed by atoms with Gasteiger partial charge in [-0.15, -0.1) is 0 Å². The Balaban J connectivity index is 1.76. The van der Waals surface area contributed by atoms with E-state index in [2.05, 4.69) is 15.3 Å². The van der Waals surface area contributed by atoms with Gasteiger partial charge in [0.05, 0.1) is 25.1 Å². The molecule has 0 unspecified atom stereocenters. The lowest BCUT2D eigenvalue weighted by Crippen LogP contribution is -2.41. The summed E-state index contributed by atoms with van der Waals surface area (Å²) in [5, 5.41) is 12.8. The van der Waals surface area contributed by atoms with Gasteiger partial charge in [0.1, 0.15) is 18.7 Å². The van der Waals surface area contributed by atoms with Crippen LogP contribution in [0.25, 0.3) is 5.57 Å². The highest BCUT2D eigenvalue weighted by Gasteiger charge is 2.30. The average molecular weight is 422 g/mol. The van der Waals surface area contributed by atoms with Crippen LogP contribution >= 0.6 is 0 Å². The Labute approximate surface area is 181 Å². The first-order chi connectivity index (χ1) is 15.2. The van der Waals surface area contributed by atoms with Crippen molar-refractivity contribution >= 4 is 17.2 Å². The van der Waals surface area contributed by atoms with Crippen LogP contribution in [0, 0.1) is 5.92 Å². The largest absolute Gasteiger partial charge is 0.497 e. The van der Waals surface area contributed by atoms with Crippen LogP contribution in [0.2, 0.25) is 0 Å². The minimum Gasteiger partial charge on any atom is -0.497 e. The minimum atomic E-state index is -0.440. The van der Waals surface area contributed by atoms with Crippen molar-refractivity contribution in [2.75, 3.05) is 39.9 Å². The molecule has 2 N–H and O–H groups in total. The molecule has 0 spiro atoms. The van der Waals surface area contributed by atoms with E-state index in [-0.39, 0.29) is 11.8 Å². The van der Waals surface area contributed by atoms with E-state index in [0.29, 0.717) is 19.6 Å². The number of ether oxygens (including phenoxy) is 1. The van der Waals surface area contributed by atoms with Crippen molar-refractivity contribution in [3.05, 3.63) is 59.8 Å². The average Bonchev–Trinajstić information content (AvgIpc) is 3.07. The fourth-order valence-corrected chi connectivity index (χ4v) is 4.22. The van der Waals surface area contributed by atoms with E-state index in [1.165, 1.54) is 0 Å². The van der Waals surface area contributed by atoms with Crippen LogP contribution in [0.15, 0.2) is 53.5 Å². The number of aromatic nitrogens is 2. The Morgan fingerprint density at radius 2 is 2.13 bits per heavy atom. The zero-order valence-corrected chi connectivity index (χ0v) is 17.6.